The van der Waals surface area contributed by atoms with Gasteiger partial charge < -0.3 is 15.7 Å². The lowest BCUT2D eigenvalue weighted by atomic mass is 9.69. The van der Waals surface area contributed by atoms with Crippen molar-refractivity contribution in [3.05, 3.63) is 105 Å². The van der Waals surface area contributed by atoms with Crippen molar-refractivity contribution in [2.75, 3.05) is 10.6 Å². The summed E-state index contributed by atoms with van der Waals surface area (Å²) in [6.07, 6.45) is 2.70. The third kappa shape index (κ3) is 5.63. The van der Waals surface area contributed by atoms with Gasteiger partial charge in [0, 0.05) is 23.0 Å². The van der Waals surface area contributed by atoms with E-state index in [-0.39, 0.29) is 21.3 Å². The largest absolute Gasteiger partial charge is 0.480 e. The van der Waals surface area contributed by atoms with E-state index in [1.165, 1.54) is 54.9 Å². The summed E-state index contributed by atoms with van der Waals surface area (Å²) in [4.78, 5) is 15.5. The predicted molar refractivity (Wildman–Crippen MR) is 150 cm³/mol. The number of nitriles is 1. The van der Waals surface area contributed by atoms with Crippen LogP contribution in [0.1, 0.15) is 16.8 Å². The molecule has 0 aliphatic carbocycles. The number of carboxylic acid groups (broad SMARTS) is 1. The number of halogens is 4. The van der Waals surface area contributed by atoms with Crippen LogP contribution >= 0.6 is 23.2 Å². The molecule has 2 heterocycles. The van der Waals surface area contributed by atoms with Gasteiger partial charge in [-0.05, 0) is 48.0 Å². The Morgan fingerprint density at radius 3 is 2.51 bits per heavy atom. The van der Waals surface area contributed by atoms with Crippen LogP contribution in [-0.4, -0.2) is 38.9 Å². The second-order valence-electron chi connectivity index (χ2n) is 8.90. The van der Waals surface area contributed by atoms with Gasteiger partial charge in [-0.1, -0.05) is 40.5 Å². The molecule has 0 saturated heterocycles. The summed E-state index contributed by atoms with van der Waals surface area (Å²) >= 11 is 12.6. The molecule has 5 rings (SSSR count). The van der Waals surface area contributed by atoms with Gasteiger partial charge in [-0.15, -0.1) is 5.10 Å². The quantitative estimate of drug-likeness (QED) is 0.200. The zero-order valence-corrected chi connectivity index (χ0v) is 22.3. The maximum atomic E-state index is 13.8. The Labute approximate surface area is 242 Å². The standard InChI is InChI=1S/C27H16BCl2F2N7O2/c28-27(15-1-3-16(31)4-2-15,23-12-39(38-37-23)13-24(40)41)36-18-7-19-25(35-17-5-6-22(32)20(29)8-17)14(10-33)11-34-26(19)21(30)9-18/h1-9,11-12,36H,13H2,(H,34,35)(H,40,41). The maximum absolute atomic E-state index is 13.8. The summed E-state index contributed by atoms with van der Waals surface area (Å²) in [5.74, 6) is -2.23. The highest BCUT2D eigenvalue weighted by atomic mass is 35.5. The summed E-state index contributed by atoms with van der Waals surface area (Å²) in [6, 6.07) is 14.6. The number of nitrogens with zero attached hydrogens (tertiary/aromatic N) is 5. The van der Waals surface area contributed by atoms with Crippen molar-refractivity contribution in [2.24, 2.45) is 0 Å². The molecular weight excluding hydrogens is 574 g/mol. The fraction of sp³-hybridized carbons (Fsp3) is 0.0741. The van der Waals surface area contributed by atoms with E-state index in [2.05, 4.69) is 32.0 Å². The van der Waals surface area contributed by atoms with Crippen molar-refractivity contribution in [1.29, 1.82) is 5.26 Å². The molecule has 0 aliphatic rings. The number of anilines is 3. The third-order valence-electron chi connectivity index (χ3n) is 6.12. The molecule has 2 aromatic heterocycles. The van der Waals surface area contributed by atoms with Crippen molar-refractivity contribution in [1.82, 2.24) is 20.0 Å². The molecule has 1 atom stereocenters. The van der Waals surface area contributed by atoms with Gasteiger partial charge in [-0.25, -0.2) is 13.5 Å². The minimum absolute atomic E-state index is 0.115. The van der Waals surface area contributed by atoms with E-state index in [1.807, 2.05) is 0 Å². The van der Waals surface area contributed by atoms with Gasteiger partial charge in [-0.2, -0.15) is 5.26 Å². The highest BCUT2D eigenvalue weighted by Gasteiger charge is 2.32. The molecular formula is C27H16BCl2F2N7O2. The summed E-state index contributed by atoms with van der Waals surface area (Å²) < 4.78 is 28.6. The van der Waals surface area contributed by atoms with E-state index in [1.54, 1.807) is 12.1 Å². The molecule has 2 radical (unpaired) electrons. The Bertz CT molecular complexity index is 1850. The first-order valence-corrected chi connectivity index (χ1v) is 12.5. The van der Waals surface area contributed by atoms with Crippen LogP contribution in [0.25, 0.3) is 10.9 Å². The lowest BCUT2D eigenvalue weighted by Gasteiger charge is -2.32. The number of pyridine rings is 1. The number of carbonyl (C=O) groups is 1. The molecule has 0 amide bonds. The first-order chi connectivity index (χ1) is 19.6. The minimum atomic E-state index is -1.64. The molecule has 0 fully saturated rings. The predicted octanol–water partition coefficient (Wildman–Crippen LogP) is 5.59. The van der Waals surface area contributed by atoms with Crippen LogP contribution in [0, 0.1) is 23.0 Å². The highest BCUT2D eigenvalue weighted by Crippen LogP contribution is 2.38. The number of hydrogen-bond acceptors (Lipinski definition) is 7. The molecule has 202 valence electrons. The van der Waals surface area contributed by atoms with Crippen LogP contribution in [0.3, 0.4) is 0 Å². The van der Waals surface area contributed by atoms with Crippen LogP contribution in [0.2, 0.25) is 10.0 Å². The van der Waals surface area contributed by atoms with Crippen LogP contribution in [0.15, 0.2) is 67.0 Å². The third-order valence-corrected chi connectivity index (χ3v) is 6.69. The molecule has 0 spiro atoms. The average molecular weight is 590 g/mol. The van der Waals surface area contributed by atoms with E-state index in [9.17, 15) is 18.8 Å². The monoisotopic (exact) mass is 589 g/mol. The number of fused-ring (bicyclic) bond motifs is 1. The van der Waals surface area contributed by atoms with Crippen LogP contribution in [0.4, 0.5) is 25.8 Å². The Morgan fingerprint density at radius 1 is 1.10 bits per heavy atom. The average Bonchev–Trinajstić information content (AvgIpc) is 3.40. The molecule has 0 bridgehead atoms. The summed E-state index contributed by atoms with van der Waals surface area (Å²) in [6.45, 7) is -0.459. The molecule has 14 heteroatoms. The van der Waals surface area contributed by atoms with Gasteiger partial charge in [0.05, 0.1) is 38.4 Å². The topological polar surface area (TPSA) is 129 Å². The molecule has 0 saturated carbocycles. The lowest BCUT2D eigenvalue weighted by molar-refractivity contribution is -0.137. The summed E-state index contributed by atoms with van der Waals surface area (Å²) in [5.41, 5.74) is 0.459. The number of aliphatic carboxylic acids is 1. The summed E-state index contributed by atoms with van der Waals surface area (Å²) in [7, 11) is 6.84. The fourth-order valence-corrected chi connectivity index (χ4v) is 4.64. The SMILES string of the molecule is [B]C(Nc1cc(Cl)c2ncc(C#N)c(Nc3ccc(F)c(Cl)c3)c2c1)(c1ccc(F)cc1)c1cn(CC(=O)O)nn1. The van der Waals surface area contributed by atoms with E-state index >= 15 is 0 Å². The smallest absolute Gasteiger partial charge is 0.325 e. The Balaban J connectivity index is 1.64. The number of rotatable bonds is 8. The first kappa shape index (κ1) is 27.8. The normalized spacial score (nSPS) is 12.5. The molecule has 1 unspecified atom stereocenters. The number of hydrogen-bond donors (Lipinski definition) is 3. The van der Waals surface area contributed by atoms with Gasteiger partial charge in [0.15, 0.2) is 0 Å². The molecule has 3 aromatic carbocycles. The maximum Gasteiger partial charge on any atom is 0.325 e. The molecule has 41 heavy (non-hydrogen) atoms. The van der Waals surface area contributed by atoms with Crippen molar-refractivity contribution >= 4 is 65.0 Å². The van der Waals surface area contributed by atoms with Crippen LogP contribution in [-0.2, 0) is 16.8 Å². The molecule has 3 N–H and O–H groups in total. The lowest BCUT2D eigenvalue weighted by Crippen LogP contribution is -2.37. The second-order valence-corrected chi connectivity index (χ2v) is 9.72. The van der Waals surface area contributed by atoms with Gasteiger partial charge in [0.2, 0.25) is 0 Å². The van der Waals surface area contributed by atoms with Gasteiger partial charge in [0.1, 0.15) is 37.8 Å². The van der Waals surface area contributed by atoms with Crippen molar-refractivity contribution < 1.29 is 18.7 Å². The number of aromatic nitrogens is 4. The zero-order valence-electron chi connectivity index (χ0n) is 20.7. The molecule has 5 aromatic rings. The van der Waals surface area contributed by atoms with Crippen molar-refractivity contribution in [3.63, 3.8) is 0 Å². The van der Waals surface area contributed by atoms with E-state index in [4.69, 9.17) is 36.2 Å². The van der Waals surface area contributed by atoms with E-state index < -0.39 is 29.6 Å². The minimum Gasteiger partial charge on any atom is -0.480 e. The van der Waals surface area contributed by atoms with Crippen molar-refractivity contribution in [3.8, 4) is 6.07 Å². The van der Waals surface area contributed by atoms with Crippen LogP contribution in [0.5, 0.6) is 0 Å². The Hall–Kier alpha value is -4.73. The zero-order chi connectivity index (χ0) is 29.3. The van der Waals surface area contributed by atoms with E-state index in [0.29, 0.717) is 33.5 Å². The van der Waals surface area contributed by atoms with Gasteiger partial charge in [-0.3, -0.25) is 9.78 Å². The second kappa shape index (κ2) is 11.0. The number of carboxylic acids is 1. The van der Waals surface area contributed by atoms with Crippen LogP contribution < -0.4 is 10.6 Å². The fourth-order valence-electron chi connectivity index (χ4n) is 4.19. The van der Waals surface area contributed by atoms with Crippen molar-refractivity contribution in [2.45, 2.75) is 12.0 Å². The van der Waals surface area contributed by atoms with E-state index in [0.717, 1.165) is 4.68 Å². The number of nitrogens with one attached hydrogen (secondary N) is 2. The molecule has 9 nitrogen and oxygen atoms in total. The Kier molecular flexibility index (Phi) is 7.49. The summed E-state index contributed by atoms with van der Waals surface area (Å²) in [5, 5.41) is 33.6. The van der Waals surface area contributed by atoms with Gasteiger partial charge >= 0.3 is 5.97 Å². The Morgan fingerprint density at radius 2 is 1.83 bits per heavy atom. The first-order valence-electron chi connectivity index (χ1n) is 11.8. The molecule has 0 aliphatic heterocycles. The van der Waals surface area contributed by atoms with Gasteiger partial charge in [0.25, 0.3) is 0 Å². The highest BCUT2D eigenvalue weighted by molar-refractivity contribution is 6.36. The number of benzene rings is 3.